The number of aliphatic hydroxyl groups excluding tert-OH is 1. The Balaban J connectivity index is 1.34. The first kappa shape index (κ1) is 28.9. The van der Waals surface area contributed by atoms with Gasteiger partial charge in [-0.05, 0) is 61.3 Å². The van der Waals surface area contributed by atoms with Crippen molar-refractivity contribution in [2.45, 2.75) is 83.4 Å². The Hall–Kier alpha value is -3.06. The van der Waals surface area contributed by atoms with Crippen molar-refractivity contribution in [3.63, 3.8) is 0 Å². The summed E-state index contributed by atoms with van der Waals surface area (Å²) in [6.45, 7) is 6.43. The van der Waals surface area contributed by atoms with Gasteiger partial charge in [-0.25, -0.2) is 0 Å². The zero-order valence-corrected chi connectivity index (χ0v) is 23.7. The van der Waals surface area contributed by atoms with Crippen LogP contribution in [0.3, 0.4) is 0 Å². The van der Waals surface area contributed by atoms with Crippen LogP contribution < -0.4 is 10.1 Å². The molecule has 2 fully saturated rings. The standard InChI is InChI=1S/C32H46N4O3/c1-3-5-11-25-12-10-13-27(21-25)32(18-6-4-2)22-29(37)36(31(33)34-32)23-26-16-19-35(20-17-26)30(38)24-39-28-14-8-7-9-15-28/h7-10,12-15,21,26,29,37H,3-6,11,16-20,22-24H2,1-2H3,(H2,33,34). The maximum absolute atomic E-state index is 12.7. The molecule has 0 saturated carbocycles. The van der Waals surface area contributed by atoms with E-state index in [2.05, 4.69) is 43.4 Å². The monoisotopic (exact) mass is 534 g/mol. The van der Waals surface area contributed by atoms with E-state index in [0.29, 0.717) is 43.7 Å². The highest BCUT2D eigenvalue weighted by atomic mass is 16.5. The molecule has 0 bridgehead atoms. The van der Waals surface area contributed by atoms with Gasteiger partial charge in [-0.2, -0.15) is 0 Å². The molecule has 7 heteroatoms. The Morgan fingerprint density at radius 3 is 2.51 bits per heavy atom. The van der Waals surface area contributed by atoms with Gasteiger partial charge in [0.25, 0.3) is 5.91 Å². The second kappa shape index (κ2) is 13.8. The number of unbranched alkanes of at least 4 members (excludes halogenated alkanes) is 2. The van der Waals surface area contributed by atoms with Gasteiger partial charge in [0, 0.05) is 26.1 Å². The number of amides is 1. The van der Waals surface area contributed by atoms with E-state index in [4.69, 9.17) is 10.1 Å². The van der Waals surface area contributed by atoms with Gasteiger partial charge in [0.1, 0.15) is 12.0 Å². The highest BCUT2D eigenvalue weighted by Gasteiger charge is 2.43. The number of carbonyl (C=O) groups is 1. The lowest BCUT2D eigenvalue weighted by Gasteiger charge is -2.48. The Morgan fingerprint density at radius 1 is 1.08 bits per heavy atom. The average molecular weight is 535 g/mol. The summed E-state index contributed by atoms with van der Waals surface area (Å²) in [6.07, 6.45) is 7.93. The fourth-order valence-corrected chi connectivity index (χ4v) is 5.91. The van der Waals surface area contributed by atoms with E-state index in [1.54, 1.807) is 0 Å². The number of ether oxygens (including phenoxy) is 1. The van der Waals surface area contributed by atoms with Crippen LogP contribution in [0.25, 0.3) is 0 Å². The Labute approximate surface area is 234 Å². The molecular weight excluding hydrogens is 488 g/mol. The maximum atomic E-state index is 12.7. The number of nitrogens with one attached hydrogen (secondary N) is 2. The molecule has 2 aromatic rings. The molecular formula is C32H46N4O3. The fourth-order valence-electron chi connectivity index (χ4n) is 5.91. The van der Waals surface area contributed by atoms with E-state index in [1.807, 2.05) is 40.1 Å². The first-order valence-electron chi connectivity index (χ1n) is 14.8. The normalized spacial score (nSPS) is 22.0. The predicted octanol–water partition coefficient (Wildman–Crippen LogP) is 5.28. The third kappa shape index (κ3) is 7.53. The number of benzene rings is 2. The van der Waals surface area contributed by atoms with Crippen molar-refractivity contribution in [3.05, 3.63) is 65.7 Å². The van der Waals surface area contributed by atoms with E-state index < -0.39 is 11.8 Å². The maximum Gasteiger partial charge on any atom is 0.260 e. The number of para-hydroxylation sites is 1. The van der Waals surface area contributed by atoms with Crippen LogP contribution in [-0.4, -0.2) is 59.2 Å². The molecule has 2 atom stereocenters. The molecule has 212 valence electrons. The summed E-state index contributed by atoms with van der Waals surface area (Å²) in [5, 5.41) is 23.8. The highest BCUT2D eigenvalue weighted by Crippen LogP contribution is 2.37. The molecule has 39 heavy (non-hydrogen) atoms. The number of hydrogen-bond acceptors (Lipinski definition) is 4. The Kier molecular flexibility index (Phi) is 10.3. The molecule has 2 aromatic carbocycles. The van der Waals surface area contributed by atoms with Crippen LogP contribution in [0.2, 0.25) is 0 Å². The number of rotatable bonds is 12. The third-order valence-electron chi connectivity index (χ3n) is 8.32. The van der Waals surface area contributed by atoms with Crippen molar-refractivity contribution in [1.29, 1.82) is 5.41 Å². The number of aryl methyl sites for hydroxylation is 1. The van der Waals surface area contributed by atoms with Crippen LogP contribution in [0.5, 0.6) is 5.75 Å². The molecule has 2 heterocycles. The number of guanidine groups is 1. The smallest absolute Gasteiger partial charge is 0.260 e. The van der Waals surface area contributed by atoms with Crippen molar-refractivity contribution in [2.75, 3.05) is 26.2 Å². The van der Waals surface area contributed by atoms with Gasteiger partial charge in [0.15, 0.2) is 12.6 Å². The second-order valence-electron chi connectivity index (χ2n) is 11.2. The molecule has 2 aliphatic rings. The number of aliphatic hydroxyl groups is 1. The van der Waals surface area contributed by atoms with Gasteiger partial charge in [-0.1, -0.05) is 75.6 Å². The third-order valence-corrected chi connectivity index (χ3v) is 8.32. The van der Waals surface area contributed by atoms with Gasteiger partial charge < -0.3 is 25.0 Å². The molecule has 0 aliphatic carbocycles. The SMILES string of the molecule is CCCCc1cccc(C2(CCCC)CC(O)N(CC3CCN(C(=O)COc4ccccc4)CC3)C(=N)N2)c1. The van der Waals surface area contributed by atoms with Crippen molar-refractivity contribution in [2.24, 2.45) is 5.92 Å². The van der Waals surface area contributed by atoms with Gasteiger partial charge >= 0.3 is 0 Å². The lowest BCUT2D eigenvalue weighted by Crippen LogP contribution is -2.63. The first-order chi connectivity index (χ1) is 18.9. The van der Waals surface area contributed by atoms with Crippen LogP contribution >= 0.6 is 0 Å². The lowest BCUT2D eigenvalue weighted by atomic mass is 9.79. The van der Waals surface area contributed by atoms with E-state index in [-0.39, 0.29) is 12.5 Å². The zero-order valence-electron chi connectivity index (χ0n) is 23.7. The fraction of sp³-hybridized carbons (Fsp3) is 0.562. The largest absolute Gasteiger partial charge is 0.484 e. The average Bonchev–Trinajstić information content (AvgIpc) is 2.96. The van der Waals surface area contributed by atoms with E-state index >= 15 is 0 Å². The van der Waals surface area contributed by atoms with Gasteiger partial charge in [0.2, 0.25) is 0 Å². The zero-order chi connectivity index (χ0) is 27.7. The minimum atomic E-state index is -0.714. The molecule has 3 N–H and O–H groups in total. The summed E-state index contributed by atoms with van der Waals surface area (Å²) in [6, 6.07) is 18.2. The molecule has 0 aromatic heterocycles. The first-order valence-corrected chi connectivity index (χ1v) is 14.8. The molecule has 7 nitrogen and oxygen atoms in total. The Bertz CT molecular complexity index is 1070. The summed E-state index contributed by atoms with van der Waals surface area (Å²) in [7, 11) is 0. The molecule has 0 spiro atoms. The van der Waals surface area contributed by atoms with Gasteiger partial charge in [-0.3, -0.25) is 10.2 Å². The van der Waals surface area contributed by atoms with Crippen molar-refractivity contribution >= 4 is 11.9 Å². The van der Waals surface area contributed by atoms with Crippen LogP contribution in [0.4, 0.5) is 0 Å². The van der Waals surface area contributed by atoms with Crippen molar-refractivity contribution < 1.29 is 14.6 Å². The quantitative estimate of drug-likeness (QED) is 0.345. The summed E-state index contributed by atoms with van der Waals surface area (Å²) in [5.74, 6) is 1.33. The van der Waals surface area contributed by atoms with Gasteiger partial charge in [0.05, 0.1) is 5.54 Å². The summed E-state index contributed by atoms with van der Waals surface area (Å²) in [4.78, 5) is 16.4. The minimum Gasteiger partial charge on any atom is -0.484 e. The topological polar surface area (TPSA) is 88.9 Å². The van der Waals surface area contributed by atoms with Crippen LogP contribution in [0, 0.1) is 11.3 Å². The van der Waals surface area contributed by atoms with Gasteiger partial charge in [-0.15, -0.1) is 0 Å². The second-order valence-corrected chi connectivity index (χ2v) is 11.2. The number of likely N-dealkylation sites (tertiary alicyclic amines) is 1. The number of hydrogen-bond donors (Lipinski definition) is 3. The molecule has 2 unspecified atom stereocenters. The summed E-state index contributed by atoms with van der Waals surface area (Å²) >= 11 is 0. The molecule has 0 radical (unpaired) electrons. The highest BCUT2D eigenvalue weighted by molar-refractivity contribution is 5.79. The van der Waals surface area contributed by atoms with Crippen LogP contribution in [0.1, 0.15) is 76.3 Å². The summed E-state index contributed by atoms with van der Waals surface area (Å²) in [5.41, 5.74) is 2.07. The van der Waals surface area contributed by atoms with Crippen LogP contribution in [0.15, 0.2) is 54.6 Å². The lowest BCUT2D eigenvalue weighted by molar-refractivity contribution is -0.135. The predicted molar refractivity (Wildman–Crippen MR) is 156 cm³/mol. The number of piperidine rings is 1. The molecule has 2 saturated heterocycles. The summed E-state index contributed by atoms with van der Waals surface area (Å²) < 4.78 is 5.64. The van der Waals surface area contributed by atoms with Crippen LogP contribution in [-0.2, 0) is 16.8 Å². The number of carbonyl (C=O) groups excluding carboxylic acids is 1. The minimum absolute atomic E-state index is 0.00611. The molecule has 1 amide bonds. The van der Waals surface area contributed by atoms with E-state index in [9.17, 15) is 9.90 Å². The number of nitrogens with zero attached hydrogens (tertiary/aromatic N) is 2. The van der Waals surface area contributed by atoms with Crippen molar-refractivity contribution in [3.8, 4) is 5.75 Å². The van der Waals surface area contributed by atoms with E-state index in [0.717, 1.165) is 51.4 Å². The molecule has 4 rings (SSSR count). The van der Waals surface area contributed by atoms with Crippen molar-refractivity contribution in [1.82, 2.24) is 15.1 Å². The Morgan fingerprint density at radius 2 is 1.82 bits per heavy atom. The molecule has 2 aliphatic heterocycles. The van der Waals surface area contributed by atoms with E-state index in [1.165, 1.54) is 11.1 Å².